The predicted molar refractivity (Wildman–Crippen MR) is 59.1 cm³/mol. The van der Waals surface area contributed by atoms with Crippen molar-refractivity contribution >= 4 is 5.82 Å². The molecule has 0 radical (unpaired) electrons. The molecule has 0 aliphatic rings. The van der Waals surface area contributed by atoms with Crippen molar-refractivity contribution in [1.29, 1.82) is 0 Å². The van der Waals surface area contributed by atoms with Gasteiger partial charge in [0.2, 0.25) is 0 Å². The first-order valence-electron chi connectivity index (χ1n) is 4.86. The highest BCUT2D eigenvalue weighted by molar-refractivity contribution is 5.66. The molecule has 0 amide bonds. The average Bonchev–Trinajstić information content (AvgIpc) is 2.28. The van der Waals surface area contributed by atoms with Crippen molar-refractivity contribution < 1.29 is 13.2 Å². The lowest BCUT2D eigenvalue weighted by molar-refractivity contribution is -0.137. The highest BCUT2D eigenvalue weighted by Crippen LogP contribution is 2.32. The normalized spacial score (nSPS) is 11.5. The number of pyridine rings is 1. The number of rotatable bonds is 1. The topological polar surface area (TPSA) is 38.9 Å². The van der Waals surface area contributed by atoms with E-state index in [1.54, 1.807) is 12.1 Å². The Morgan fingerprint density at radius 1 is 1.00 bits per heavy atom. The Hall–Kier alpha value is -2.04. The van der Waals surface area contributed by atoms with E-state index in [2.05, 4.69) is 4.98 Å². The molecule has 0 aliphatic carbocycles. The third-order valence-electron chi connectivity index (χ3n) is 2.30. The second kappa shape index (κ2) is 4.08. The highest BCUT2D eigenvalue weighted by atomic mass is 19.4. The van der Waals surface area contributed by atoms with Crippen molar-refractivity contribution in [2.45, 2.75) is 6.18 Å². The van der Waals surface area contributed by atoms with Crippen molar-refractivity contribution in [3.8, 4) is 11.1 Å². The van der Waals surface area contributed by atoms with E-state index < -0.39 is 11.7 Å². The summed E-state index contributed by atoms with van der Waals surface area (Å²) in [6.45, 7) is 0. The van der Waals surface area contributed by atoms with Crippen LogP contribution in [-0.2, 0) is 6.18 Å². The van der Waals surface area contributed by atoms with Gasteiger partial charge in [-0.25, -0.2) is 4.98 Å². The Labute approximate surface area is 95.9 Å². The summed E-state index contributed by atoms with van der Waals surface area (Å²) in [5.41, 5.74) is 5.89. The summed E-state index contributed by atoms with van der Waals surface area (Å²) in [5.74, 6) is 0.278. The molecule has 1 heterocycles. The van der Waals surface area contributed by atoms with Crippen LogP contribution in [0.4, 0.5) is 19.0 Å². The molecule has 2 rings (SSSR count). The fourth-order valence-corrected chi connectivity index (χ4v) is 1.50. The van der Waals surface area contributed by atoms with Gasteiger partial charge in [0, 0.05) is 6.20 Å². The van der Waals surface area contributed by atoms with Crippen LogP contribution in [0.5, 0.6) is 0 Å². The minimum absolute atomic E-state index is 0.278. The molecule has 0 atom stereocenters. The summed E-state index contributed by atoms with van der Waals surface area (Å²) in [6.07, 6.45) is -2.88. The van der Waals surface area contributed by atoms with E-state index in [4.69, 9.17) is 5.73 Å². The van der Waals surface area contributed by atoms with Gasteiger partial charge >= 0.3 is 6.18 Å². The number of anilines is 1. The third-order valence-corrected chi connectivity index (χ3v) is 2.30. The number of nitrogens with two attached hydrogens (primary N) is 1. The van der Waals surface area contributed by atoms with Crippen LogP contribution in [0.2, 0.25) is 0 Å². The Morgan fingerprint density at radius 3 is 2.35 bits per heavy atom. The molecule has 2 aromatic rings. The summed E-state index contributed by atoms with van der Waals surface area (Å²) in [4.78, 5) is 3.79. The van der Waals surface area contributed by atoms with E-state index in [0.717, 1.165) is 12.1 Å². The number of aromatic nitrogens is 1. The molecule has 2 N–H and O–H groups in total. The number of benzene rings is 1. The lowest BCUT2D eigenvalue weighted by Crippen LogP contribution is -2.04. The van der Waals surface area contributed by atoms with Crippen LogP contribution in [-0.4, -0.2) is 4.98 Å². The summed E-state index contributed by atoms with van der Waals surface area (Å²) in [7, 11) is 0. The van der Waals surface area contributed by atoms with Gasteiger partial charge in [0.15, 0.2) is 0 Å². The summed E-state index contributed by atoms with van der Waals surface area (Å²) >= 11 is 0. The van der Waals surface area contributed by atoms with Gasteiger partial charge in [-0.2, -0.15) is 13.2 Å². The molecular weight excluding hydrogens is 229 g/mol. The van der Waals surface area contributed by atoms with E-state index in [1.807, 2.05) is 0 Å². The second-order valence-electron chi connectivity index (χ2n) is 3.55. The number of nitrogens with zero attached hydrogens (tertiary/aromatic N) is 1. The molecule has 17 heavy (non-hydrogen) atoms. The van der Waals surface area contributed by atoms with Gasteiger partial charge in [0.25, 0.3) is 0 Å². The Balaban J connectivity index is 2.47. The van der Waals surface area contributed by atoms with Crippen LogP contribution in [0.3, 0.4) is 0 Å². The van der Waals surface area contributed by atoms with Crippen molar-refractivity contribution in [2.24, 2.45) is 0 Å². The van der Waals surface area contributed by atoms with Crippen molar-refractivity contribution in [2.75, 3.05) is 5.73 Å². The molecule has 1 aromatic carbocycles. The quantitative estimate of drug-likeness (QED) is 0.827. The largest absolute Gasteiger partial charge is 0.416 e. The molecular formula is C12H9F3N2. The Bertz CT molecular complexity index is 535. The average molecular weight is 238 g/mol. The molecule has 0 spiro atoms. The van der Waals surface area contributed by atoms with E-state index in [1.165, 1.54) is 18.3 Å². The van der Waals surface area contributed by atoms with Gasteiger partial charge in [-0.1, -0.05) is 12.1 Å². The van der Waals surface area contributed by atoms with Gasteiger partial charge in [0.1, 0.15) is 5.82 Å². The van der Waals surface area contributed by atoms with Crippen LogP contribution >= 0.6 is 0 Å². The number of alkyl halides is 3. The van der Waals surface area contributed by atoms with Crippen LogP contribution in [0, 0.1) is 0 Å². The van der Waals surface area contributed by atoms with E-state index in [9.17, 15) is 13.2 Å². The monoisotopic (exact) mass is 238 g/mol. The van der Waals surface area contributed by atoms with Gasteiger partial charge in [-0.3, -0.25) is 0 Å². The van der Waals surface area contributed by atoms with Crippen LogP contribution in [0.15, 0.2) is 42.6 Å². The Morgan fingerprint density at radius 2 is 1.71 bits per heavy atom. The molecule has 0 bridgehead atoms. The molecule has 1 aromatic heterocycles. The third kappa shape index (κ3) is 2.55. The van der Waals surface area contributed by atoms with E-state index in [0.29, 0.717) is 11.1 Å². The van der Waals surface area contributed by atoms with Gasteiger partial charge in [-0.15, -0.1) is 0 Å². The summed E-state index contributed by atoms with van der Waals surface area (Å²) in [5, 5.41) is 0. The number of halogens is 3. The molecule has 0 unspecified atom stereocenters. The molecule has 0 fully saturated rings. The first-order valence-corrected chi connectivity index (χ1v) is 4.86. The smallest absolute Gasteiger partial charge is 0.384 e. The standard InChI is InChI=1S/C12H9F3N2/c13-12(14,15)10-3-1-2-8(6-10)9-4-5-17-11(16)7-9/h1-7H,(H2,16,17). The SMILES string of the molecule is Nc1cc(-c2cccc(C(F)(F)F)c2)ccn1. The van der Waals surface area contributed by atoms with Gasteiger partial charge in [-0.05, 0) is 35.4 Å². The molecule has 0 aliphatic heterocycles. The molecule has 0 saturated carbocycles. The number of nitrogen functional groups attached to an aromatic ring is 1. The summed E-state index contributed by atoms with van der Waals surface area (Å²) in [6, 6.07) is 8.25. The first kappa shape index (κ1) is 11.4. The maximum atomic E-state index is 12.5. The van der Waals surface area contributed by atoms with E-state index >= 15 is 0 Å². The maximum Gasteiger partial charge on any atom is 0.416 e. The number of hydrogen-bond donors (Lipinski definition) is 1. The fraction of sp³-hybridized carbons (Fsp3) is 0.0833. The van der Waals surface area contributed by atoms with E-state index in [-0.39, 0.29) is 5.82 Å². The zero-order valence-corrected chi connectivity index (χ0v) is 8.70. The maximum absolute atomic E-state index is 12.5. The van der Waals surface area contributed by atoms with Crippen molar-refractivity contribution in [1.82, 2.24) is 4.98 Å². The highest BCUT2D eigenvalue weighted by Gasteiger charge is 2.30. The Kier molecular flexibility index (Phi) is 2.75. The minimum Gasteiger partial charge on any atom is -0.384 e. The lowest BCUT2D eigenvalue weighted by Gasteiger charge is -2.08. The van der Waals surface area contributed by atoms with Gasteiger partial charge < -0.3 is 5.73 Å². The van der Waals surface area contributed by atoms with Crippen LogP contribution < -0.4 is 5.73 Å². The minimum atomic E-state index is -4.34. The predicted octanol–water partition coefficient (Wildman–Crippen LogP) is 3.35. The zero-order chi connectivity index (χ0) is 12.5. The summed E-state index contributed by atoms with van der Waals surface area (Å²) < 4.78 is 37.6. The first-order chi connectivity index (χ1) is 7.97. The zero-order valence-electron chi connectivity index (χ0n) is 8.70. The molecule has 5 heteroatoms. The van der Waals surface area contributed by atoms with Gasteiger partial charge in [0.05, 0.1) is 5.56 Å². The second-order valence-corrected chi connectivity index (χ2v) is 3.55. The fourth-order valence-electron chi connectivity index (χ4n) is 1.50. The molecule has 88 valence electrons. The number of hydrogen-bond acceptors (Lipinski definition) is 2. The lowest BCUT2D eigenvalue weighted by atomic mass is 10.0. The van der Waals surface area contributed by atoms with Crippen LogP contribution in [0.1, 0.15) is 5.56 Å². The van der Waals surface area contributed by atoms with Crippen LogP contribution in [0.25, 0.3) is 11.1 Å². The van der Waals surface area contributed by atoms with Crippen molar-refractivity contribution in [3.63, 3.8) is 0 Å². The molecule has 0 saturated heterocycles. The molecule has 2 nitrogen and oxygen atoms in total. The van der Waals surface area contributed by atoms with Crippen molar-refractivity contribution in [3.05, 3.63) is 48.2 Å².